The molecule has 0 radical (unpaired) electrons. The molecule has 1 unspecified atom stereocenters. The molecule has 2 fully saturated rings. The van der Waals surface area contributed by atoms with Gasteiger partial charge >= 0.3 is 6.03 Å². The van der Waals surface area contributed by atoms with E-state index in [0.717, 1.165) is 10.6 Å². The summed E-state index contributed by atoms with van der Waals surface area (Å²) in [5.74, 6) is -0.869. The molecule has 2 N–H and O–H groups in total. The lowest BCUT2D eigenvalue weighted by atomic mass is 10.1. The fourth-order valence-electron chi connectivity index (χ4n) is 2.74. The van der Waals surface area contributed by atoms with Crippen LogP contribution in [0.1, 0.15) is 36.2 Å². The molecular weight excluding hydrogens is 270 g/mol. The Kier molecular flexibility index (Phi) is 2.63. The predicted octanol–water partition coefficient (Wildman–Crippen LogP) is 1.36. The zero-order chi connectivity index (χ0) is 15.4. The maximum Gasteiger partial charge on any atom is 0.344 e. The summed E-state index contributed by atoms with van der Waals surface area (Å²) < 4.78 is 0. The second kappa shape index (κ2) is 4.07. The quantitative estimate of drug-likeness (QED) is 0.806. The van der Waals surface area contributed by atoms with Crippen molar-refractivity contribution in [2.45, 2.75) is 32.7 Å². The lowest BCUT2D eigenvalue weighted by Crippen LogP contribution is -2.47. The van der Waals surface area contributed by atoms with Gasteiger partial charge in [0.1, 0.15) is 5.54 Å². The molecule has 1 heterocycles. The van der Waals surface area contributed by atoms with Gasteiger partial charge in [-0.25, -0.2) is 4.79 Å². The van der Waals surface area contributed by atoms with E-state index in [0.29, 0.717) is 12.0 Å². The van der Waals surface area contributed by atoms with Gasteiger partial charge in [0.25, 0.3) is 11.8 Å². The normalized spacial score (nSPS) is 26.0. The molecule has 1 aliphatic carbocycles. The number of hydrogen-bond donors (Lipinski definition) is 2. The SMILES string of the molecule is Cc1ccc(C(=O)NN2C(=O)NC3(CC3(C)C)C2=O)cc1. The Hall–Kier alpha value is -2.37. The number of benzene rings is 1. The second-order valence-corrected chi connectivity index (χ2v) is 6.34. The predicted molar refractivity (Wildman–Crippen MR) is 75.2 cm³/mol. The third kappa shape index (κ3) is 1.90. The topological polar surface area (TPSA) is 78.5 Å². The molecule has 0 aromatic heterocycles. The highest BCUT2D eigenvalue weighted by Crippen LogP contribution is 2.58. The number of aryl methyl sites for hydroxylation is 1. The van der Waals surface area contributed by atoms with Crippen LogP contribution in [0.4, 0.5) is 4.79 Å². The minimum atomic E-state index is -0.857. The van der Waals surface area contributed by atoms with Gasteiger partial charge in [-0.1, -0.05) is 31.5 Å². The molecule has 6 nitrogen and oxygen atoms in total. The summed E-state index contributed by atoms with van der Waals surface area (Å²) in [6, 6.07) is 6.32. The molecule has 1 atom stereocenters. The smallest absolute Gasteiger partial charge is 0.321 e. The average Bonchev–Trinajstić information content (AvgIpc) is 2.89. The van der Waals surface area contributed by atoms with Crippen molar-refractivity contribution in [1.29, 1.82) is 0 Å². The summed E-state index contributed by atoms with van der Waals surface area (Å²) in [5, 5.41) is 3.47. The number of urea groups is 1. The van der Waals surface area contributed by atoms with Crippen molar-refractivity contribution < 1.29 is 14.4 Å². The fraction of sp³-hybridized carbons (Fsp3) is 0.400. The first kappa shape index (κ1) is 13.6. The van der Waals surface area contributed by atoms with E-state index in [1.807, 2.05) is 20.8 Å². The van der Waals surface area contributed by atoms with Crippen LogP contribution < -0.4 is 10.7 Å². The van der Waals surface area contributed by atoms with Crippen molar-refractivity contribution in [2.75, 3.05) is 0 Å². The van der Waals surface area contributed by atoms with Gasteiger partial charge in [-0.15, -0.1) is 0 Å². The van der Waals surface area contributed by atoms with Gasteiger partial charge in [-0.05, 0) is 30.9 Å². The Morgan fingerprint density at radius 3 is 2.29 bits per heavy atom. The first-order valence-electron chi connectivity index (χ1n) is 6.81. The summed E-state index contributed by atoms with van der Waals surface area (Å²) in [6.45, 7) is 5.74. The molecule has 1 saturated carbocycles. The number of hydrazine groups is 1. The molecule has 1 aromatic carbocycles. The number of imide groups is 1. The lowest BCUT2D eigenvalue weighted by molar-refractivity contribution is -0.130. The van der Waals surface area contributed by atoms with Gasteiger partial charge in [0.15, 0.2) is 0 Å². The standard InChI is InChI=1S/C15H17N3O3/c1-9-4-6-10(7-5-9)11(19)17-18-12(20)15(16-13(18)21)8-14(15,2)3/h4-7H,8H2,1-3H3,(H,16,21)(H,17,19). The first-order valence-corrected chi connectivity index (χ1v) is 6.81. The van der Waals surface area contributed by atoms with Crippen molar-refractivity contribution in [2.24, 2.45) is 5.41 Å². The van der Waals surface area contributed by atoms with Crippen molar-refractivity contribution in [3.8, 4) is 0 Å². The average molecular weight is 287 g/mol. The van der Waals surface area contributed by atoms with E-state index in [2.05, 4.69) is 10.7 Å². The highest BCUT2D eigenvalue weighted by atomic mass is 16.2. The van der Waals surface area contributed by atoms with E-state index in [1.165, 1.54) is 0 Å². The van der Waals surface area contributed by atoms with Gasteiger partial charge in [-0.3, -0.25) is 15.0 Å². The summed E-state index contributed by atoms with van der Waals surface area (Å²) >= 11 is 0. The number of nitrogens with one attached hydrogen (secondary N) is 2. The number of hydrogen-bond acceptors (Lipinski definition) is 3. The minimum Gasteiger partial charge on any atom is -0.321 e. The third-order valence-electron chi connectivity index (χ3n) is 4.36. The van der Waals surface area contributed by atoms with E-state index in [-0.39, 0.29) is 5.41 Å². The van der Waals surface area contributed by atoms with Crippen LogP contribution in [0.25, 0.3) is 0 Å². The van der Waals surface area contributed by atoms with Gasteiger partial charge in [-0.2, -0.15) is 5.01 Å². The van der Waals surface area contributed by atoms with Gasteiger partial charge in [0, 0.05) is 5.56 Å². The van der Waals surface area contributed by atoms with Crippen molar-refractivity contribution >= 4 is 17.8 Å². The van der Waals surface area contributed by atoms with Gasteiger partial charge in [0.05, 0.1) is 0 Å². The summed E-state index contributed by atoms with van der Waals surface area (Å²) in [7, 11) is 0. The van der Waals surface area contributed by atoms with E-state index < -0.39 is 23.4 Å². The van der Waals surface area contributed by atoms with Crippen LogP contribution in [0.3, 0.4) is 0 Å². The van der Waals surface area contributed by atoms with Crippen LogP contribution in [0.15, 0.2) is 24.3 Å². The summed E-state index contributed by atoms with van der Waals surface area (Å²) in [5.41, 5.74) is 2.68. The first-order chi connectivity index (χ1) is 9.77. The monoisotopic (exact) mass is 287 g/mol. The van der Waals surface area contributed by atoms with Crippen molar-refractivity contribution in [3.05, 3.63) is 35.4 Å². The maximum atomic E-state index is 12.4. The maximum absolute atomic E-state index is 12.4. The van der Waals surface area contributed by atoms with Crippen LogP contribution in [-0.2, 0) is 4.79 Å². The molecular formula is C15H17N3O3. The van der Waals surface area contributed by atoms with E-state index in [9.17, 15) is 14.4 Å². The van der Waals surface area contributed by atoms with Gasteiger partial charge < -0.3 is 5.32 Å². The van der Waals surface area contributed by atoms with Crippen LogP contribution in [0.5, 0.6) is 0 Å². The number of amides is 4. The molecule has 110 valence electrons. The number of carbonyl (C=O) groups is 3. The highest BCUT2D eigenvalue weighted by Gasteiger charge is 2.72. The Balaban J connectivity index is 1.77. The molecule has 6 heteroatoms. The molecule has 1 aromatic rings. The molecule has 1 saturated heterocycles. The number of nitrogens with zero attached hydrogens (tertiary/aromatic N) is 1. The molecule has 0 bridgehead atoms. The zero-order valence-electron chi connectivity index (χ0n) is 12.2. The van der Waals surface area contributed by atoms with E-state index in [4.69, 9.17) is 0 Å². The Labute approximate surface area is 122 Å². The van der Waals surface area contributed by atoms with Crippen molar-refractivity contribution in [3.63, 3.8) is 0 Å². The fourth-order valence-corrected chi connectivity index (χ4v) is 2.74. The largest absolute Gasteiger partial charge is 0.344 e. The molecule has 21 heavy (non-hydrogen) atoms. The molecule has 1 aliphatic heterocycles. The van der Waals surface area contributed by atoms with Crippen LogP contribution in [0.2, 0.25) is 0 Å². The second-order valence-electron chi connectivity index (χ2n) is 6.34. The molecule has 2 aliphatic rings. The van der Waals surface area contributed by atoms with Gasteiger partial charge in [0.2, 0.25) is 0 Å². The van der Waals surface area contributed by atoms with E-state index >= 15 is 0 Å². The lowest BCUT2D eigenvalue weighted by Gasteiger charge is -2.15. The van der Waals surface area contributed by atoms with Crippen LogP contribution in [-0.4, -0.2) is 28.4 Å². The summed E-state index contributed by atoms with van der Waals surface area (Å²) in [6.07, 6.45) is 0.585. The van der Waals surface area contributed by atoms with Crippen LogP contribution >= 0.6 is 0 Å². The third-order valence-corrected chi connectivity index (χ3v) is 4.36. The molecule has 3 rings (SSSR count). The minimum absolute atomic E-state index is 0.275. The Bertz CT molecular complexity index is 651. The van der Waals surface area contributed by atoms with E-state index in [1.54, 1.807) is 24.3 Å². The Morgan fingerprint density at radius 1 is 1.24 bits per heavy atom. The number of carbonyl (C=O) groups excluding carboxylic acids is 3. The molecule has 4 amide bonds. The highest BCUT2D eigenvalue weighted by molar-refractivity contribution is 6.11. The number of rotatable bonds is 2. The zero-order valence-corrected chi connectivity index (χ0v) is 12.2. The van der Waals surface area contributed by atoms with Crippen LogP contribution in [0, 0.1) is 12.3 Å². The Morgan fingerprint density at radius 2 is 1.81 bits per heavy atom. The summed E-state index contributed by atoms with van der Waals surface area (Å²) in [4.78, 5) is 36.4. The van der Waals surface area contributed by atoms with Crippen molar-refractivity contribution in [1.82, 2.24) is 15.8 Å². The molecule has 1 spiro atoms.